The molecule has 2 N–H and O–H groups in total. The highest BCUT2D eigenvalue weighted by Gasteiger charge is 2.31. The Labute approximate surface area is 175 Å². The number of anilines is 2. The third-order valence-electron chi connectivity index (χ3n) is 4.85. The summed E-state index contributed by atoms with van der Waals surface area (Å²) in [4.78, 5) is 25.4. The number of carbonyl (C=O) groups is 1. The highest BCUT2D eigenvalue weighted by Crippen LogP contribution is 2.31. The summed E-state index contributed by atoms with van der Waals surface area (Å²) in [6, 6.07) is 8.97. The average Bonchev–Trinajstić information content (AvgIpc) is 2.69. The summed E-state index contributed by atoms with van der Waals surface area (Å²) in [7, 11) is 0. The first-order valence-electron chi connectivity index (χ1n) is 9.13. The first kappa shape index (κ1) is 21.8. The van der Waals surface area contributed by atoms with Crippen LogP contribution in [0, 0.1) is 10.1 Å². The second kappa shape index (κ2) is 8.88. The third kappa shape index (κ3) is 5.39. The van der Waals surface area contributed by atoms with Gasteiger partial charge in [-0.3, -0.25) is 14.9 Å². The van der Waals surface area contributed by atoms with Crippen LogP contribution in [-0.2, 0) is 11.0 Å². The van der Waals surface area contributed by atoms with Crippen molar-refractivity contribution in [3.63, 3.8) is 0 Å². The van der Waals surface area contributed by atoms with Crippen LogP contribution < -0.4 is 15.1 Å². The maximum atomic E-state index is 12.9. The molecule has 2 aromatic rings. The minimum absolute atomic E-state index is 0.120. The van der Waals surface area contributed by atoms with Crippen molar-refractivity contribution in [1.82, 2.24) is 0 Å². The Morgan fingerprint density at radius 1 is 1.20 bits per heavy atom. The number of quaternary nitrogens is 1. The van der Waals surface area contributed by atoms with Crippen molar-refractivity contribution < 1.29 is 27.8 Å². The quantitative estimate of drug-likeness (QED) is 0.550. The van der Waals surface area contributed by atoms with Crippen LogP contribution in [-0.4, -0.2) is 43.6 Å². The molecule has 0 aliphatic carbocycles. The fraction of sp³-hybridized carbons (Fsp3) is 0.316. The Kier molecular flexibility index (Phi) is 6.47. The van der Waals surface area contributed by atoms with Gasteiger partial charge in [0.05, 0.1) is 47.4 Å². The van der Waals surface area contributed by atoms with Crippen LogP contribution in [0.25, 0.3) is 0 Å². The number of halogens is 4. The summed E-state index contributed by atoms with van der Waals surface area (Å²) in [5.74, 6) is -0.347. The zero-order valence-electron chi connectivity index (χ0n) is 15.7. The van der Waals surface area contributed by atoms with E-state index in [2.05, 4.69) is 5.32 Å². The van der Waals surface area contributed by atoms with Crippen LogP contribution in [0.3, 0.4) is 0 Å². The van der Waals surface area contributed by atoms with Crippen LogP contribution in [0.5, 0.6) is 0 Å². The summed E-state index contributed by atoms with van der Waals surface area (Å²) in [5, 5.41) is 13.6. The minimum Gasteiger partial charge on any atom is -0.360 e. The van der Waals surface area contributed by atoms with Crippen LogP contribution in [0.15, 0.2) is 42.5 Å². The number of hydrogen-bond donors (Lipinski definition) is 2. The molecule has 0 spiro atoms. The van der Waals surface area contributed by atoms with Crippen molar-refractivity contribution in [3.8, 4) is 0 Å². The number of rotatable bonds is 5. The van der Waals surface area contributed by atoms with Gasteiger partial charge in [0.15, 0.2) is 6.54 Å². The smallest absolute Gasteiger partial charge is 0.360 e. The van der Waals surface area contributed by atoms with Crippen molar-refractivity contribution in [2.24, 2.45) is 0 Å². The Morgan fingerprint density at radius 2 is 1.90 bits per heavy atom. The van der Waals surface area contributed by atoms with Crippen molar-refractivity contribution in [3.05, 3.63) is 63.2 Å². The van der Waals surface area contributed by atoms with Gasteiger partial charge in [0.1, 0.15) is 0 Å². The highest BCUT2D eigenvalue weighted by molar-refractivity contribution is 6.33. The van der Waals surface area contributed by atoms with Gasteiger partial charge in [0, 0.05) is 17.8 Å². The van der Waals surface area contributed by atoms with Gasteiger partial charge in [-0.05, 0) is 24.3 Å². The molecule has 0 atom stereocenters. The van der Waals surface area contributed by atoms with Gasteiger partial charge < -0.3 is 15.1 Å². The summed E-state index contributed by atoms with van der Waals surface area (Å²) in [6.07, 6.45) is -4.39. The topological polar surface area (TPSA) is 79.9 Å². The zero-order chi connectivity index (χ0) is 21.9. The maximum Gasteiger partial charge on any atom is 0.416 e. The van der Waals surface area contributed by atoms with Crippen LogP contribution >= 0.6 is 11.6 Å². The fourth-order valence-electron chi connectivity index (χ4n) is 3.28. The van der Waals surface area contributed by atoms with Crippen molar-refractivity contribution >= 4 is 34.6 Å². The van der Waals surface area contributed by atoms with Crippen molar-refractivity contribution in [2.75, 3.05) is 42.9 Å². The van der Waals surface area contributed by atoms with Gasteiger partial charge in [0.2, 0.25) is 0 Å². The van der Waals surface area contributed by atoms with Crippen LogP contribution in [0.2, 0.25) is 5.02 Å². The number of carbonyl (C=O) groups excluding carboxylic acids is 1. The van der Waals surface area contributed by atoms with E-state index in [-0.39, 0.29) is 28.8 Å². The Hall–Kier alpha value is -2.85. The molecule has 7 nitrogen and oxygen atoms in total. The van der Waals surface area contributed by atoms with Gasteiger partial charge >= 0.3 is 6.18 Å². The minimum atomic E-state index is -4.39. The Morgan fingerprint density at radius 3 is 2.53 bits per heavy atom. The number of nitro groups is 1. The molecule has 11 heteroatoms. The Bertz CT molecular complexity index is 947. The second-order valence-corrected chi connectivity index (χ2v) is 7.34. The summed E-state index contributed by atoms with van der Waals surface area (Å²) in [6.45, 7) is 2.25. The van der Waals surface area contributed by atoms with Gasteiger partial charge in [0.25, 0.3) is 11.6 Å². The monoisotopic (exact) mass is 443 g/mol. The van der Waals surface area contributed by atoms with E-state index >= 15 is 0 Å². The average molecular weight is 444 g/mol. The predicted molar refractivity (Wildman–Crippen MR) is 106 cm³/mol. The van der Waals surface area contributed by atoms with Crippen LogP contribution in [0.1, 0.15) is 5.56 Å². The summed E-state index contributed by atoms with van der Waals surface area (Å²) >= 11 is 5.99. The molecule has 3 rings (SSSR count). The molecule has 2 aromatic carbocycles. The number of piperazine rings is 1. The fourth-order valence-corrected chi connectivity index (χ4v) is 3.45. The number of alkyl halides is 3. The van der Waals surface area contributed by atoms with E-state index in [0.717, 1.165) is 17.0 Å². The molecule has 1 heterocycles. The van der Waals surface area contributed by atoms with E-state index < -0.39 is 16.7 Å². The molecule has 0 bridgehead atoms. The highest BCUT2D eigenvalue weighted by atomic mass is 35.5. The molecule has 0 saturated carbocycles. The molecule has 1 amide bonds. The van der Waals surface area contributed by atoms with E-state index in [9.17, 15) is 28.1 Å². The number of benzene rings is 2. The number of amides is 1. The van der Waals surface area contributed by atoms with E-state index in [1.54, 1.807) is 6.07 Å². The molecule has 1 aliphatic rings. The molecule has 1 saturated heterocycles. The van der Waals surface area contributed by atoms with E-state index in [4.69, 9.17) is 11.6 Å². The molecule has 0 unspecified atom stereocenters. The van der Waals surface area contributed by atoms with Crippen molar-refractivity contribution in [1.29, 1.82) is 0 Å². The van der Waals surface area contributed by atoms with Crippen LogP contribution in [0.4, 0.5) is 30.2 Å². The summed E-state index contributed by atoms with van der Waals surface area (Å²) in [5.41, 5.74) is -0.214. The number of nitro benzene ring substituents is 1. The number of hydrogen-bond acceptors (Lipinski definition) is 4. The van der Waals surface area contributed by atoms with Gasteiger partial charge in [-0.25, -0.2) is 0 Å². The van der Waals surface area contributed by atoms with E-state index in [1.165, 1.54) is 24.3 Å². The lowest BCUT2D eigenvalue weighted by Gasteiger charge is -2.33. The molecular weight excluding hydrogens is 425 g/mol. The largest absolute Gasteiger partial charge is 0.416 e. The number of nitrogens with one attached hydrogen (secondary N) is 2. The SMILES string of the molecule is O=C(C[NH+]1CCN(c2cccc(C(F)(F)F)c2)CC1)Nc1cc([N+](=O)[O-])ccc1Cl. The lowest BCUT2D eigenvalue weighted by Crippen LogP contribution is -3.15. The molecule has 0 radical (unpaired) electrons. The number of nitrogens with zero attached hydrogens (tertiary/aromatic N) is 2. The van der Waals surface area contributed by atoms with Gasteiger partial charge in [-0.1, -0.05) is 17.7 Å². The second-order valence-electron chi connectivity index (χ2n) is 6.93. The van der Waals surface area contributed by atoms with Gasteiger partial charge in [-0.2, -0.15) is 13.2 Å². The lowest BCUT2D eigenvalue weighted by atomic mass is 10.1. The molecule has 0 aromatic heterocycles. The molecule has 30 heavy (non-hydrogen) atoms. The molecule has 160 valence electrons. The summed E-state index contributed by atoms with van der Waals surface area (Å²) < 4.78 is 38.7. The standard InChI is InChI=1S/C19H18ClF3N4O3/c20-16-5-4-15(27(29)30)11-17(16)24-18(28)12-25-6-8-26(9-7-25)14-3-1-2-13(10-14)19(21,22)23/h1-5,10-11H,6-9,12H2,(H,24,28)/p+1. The van der Waals surface area contributed by atoms with Gasteiger partial charge in [-0.15, -0.1) is 0 Å². The third-order valence-corrected chi connectivity index (χ3v) is 5.18. The normalized spacial score (nSPS) is 15.1. The lowest BCUT2D eigenvalue weighted by molar-refractivity contribution is -0.892. The molecule has 1 aliphatic heterocycles. The van der Waals surface area contributed by atoms with E-state index in [1.807, 2.05) is 4.90 Å². The number of non-ortho nitro benzene ring substituents is 1. The first-order chi connectivity index (χ1) is 14.1. The van der Waals surface area contributed by atoms with E-state index in [0.29, 0.717) is 31.9 Å². The predicted octanol–water partition coefficient (Wildman–Crippen LogP) is 2.61. The first-order valence-corrected chi connectivity index (χ1v) is 9.51. The van der Waals surface area contributed by atoms with Crippen molar-refractivity contribution in [2.45, 2.75) is 6.18 Å². The molecular formula is C19H19ClF3N4O3+. The zero-order valence-corrected chi connectivity index (χ0v) is 16.5. The molecule has 1 fully saturated rings. The maximum absolute atomic E-state index is 12.9. The Balaban J connectivity index is 1.56.